The normalized spacial score (nSPS) is 14.6. The second-order valence-electron chi connectivity index (χ2n) is 4.62. The summed E-state index contributed by atoms with van der Waals surface area (Å²) in [6, 6.07) is 3.18. The Labute approximate surface area is 126 Å². The van der Waals surface area contributed by atoms with Crippen molar-refractivity contribution in [2.24, 2.45) is 0 Å². The van der Waals surface area contributed by atoms with E-state index in [1.165, 1.54) is 12.6 Å². The zero-order valence-corrected chi connectivity index (χ0v) is 11.8. The van der Waals surface area contributed by atoms with E-state index in [1.807, 2.05) is 4.90 Å². The molecule has 4 N–H and O–H groups in total. The summed E-state index contributed by atoms with van der Waals surface area (Å²) in [4.78, 5) is 22.1. The van der Waals surface area contributed by atoms with Crippen LogP contribution in [0.15, 0.2) is 29.1 Å². The van der Waals surface area contributed by atoms with Crippen LogP contribution in [0, 0.1) is 0 Å². The lowest BCUT2D eigenvalue weighted by molar-refractivity contribution is 0.0935. The van der Waals surface area contributed by atoms with Crippen LogP contribution < -0.4 is 21.5 Å². The fourth-order valence-electron chi connectivity index (χ4n) is 2.10. The summed E-state index contributed by atoms with van der Waals surface area (Å²) in [5.41, 5.74) is 11.6. The van der Waals surface area contributed by atoms with Gasteiger partial charge in [-0.3, -0.25) is 15.6 Å². The average molecular weight is 304 g/mol. The third-order valence-electron chi connectivity index (χ3n) is 3.21. The van der Waals surface area contributed by atoms with Gasteiger partial charge >= 0.3 is 5.91 Å². The highest BCUT2D eigenvalue weighted by Crippen LogP contribution is 2.26. The Kier molecular flexibility index (Phi) is 4.05. The number of nitrogens with two attached hydrogens (primary N) is 1. The van der Waals surface area contributed by atoms with Crippen molar-refractivity contribution >= 4 is 23.2 Å². The first-order chi connectivity index (χ1) is 10.8. The van der Waals surface area contributed by atoms with Gasteiger partial charge in [0.25, 0.3) is 0 Å². The number of nitrogen functional groups attached to an aromatic ring is 1. The molecule has 1 saturated heterocycles. The third kappa shape index (κ3) is 2.93. The highest BCUT2D eigenvalue weighted by atomic mass is 16.5. The van der Waals surface area contributed by atoms with E-state index in [0.717, 1.165) is 0 Å². The van der Waals surface area contributed by atoms with Crippen LogP contribution in [-0.2, 0) is 4.74 Å². The average Bonchev–Trinajstić information content (AvgIpc) is 3.09. The lowest BCUT2D eigenvalue weighted by atomic mass is 10.3. The van der Waals surface area contributed by atoms with Crippen molar-refractivity contribution in [1.29, 1.82) is 0 Å². The Morgan fingerprint density at radius 2 is 2.14 bits per heavy atom. The maximum Gasteiger partial charge on any atom is 0.305 e. The van der Waals surface area contributed by atoms with Gasteiger partial charge in [-0.2, -0.15) is 0 Å². The van der Waals surface area contributed by atoms with E-state index < -0.39 is 5.91 Å². The zero-order chi connectivity index (χ0) is 15.4. The number of carbonyl (C=O) groups is 1. The first kappa shape index (κ1) is 14.1. The van der Waals surface area contributed by atoms with Crippen LogP contribution in [0.25, 0.3) is 0 Å². The van der Waals surface area contributed by atoms with Crippen molar-refractivity contribution in [2.45, 2.75) is 0 Å². The molecule has 1 fully saturated rings. The van der Waals surface area contributed by atoms with Crippen LogP contribution in [0.1, 0.15) is 10.6 Å². The lowest BCUT2D eigenvalue weighted by Gasteiger charge is -2.28. The Bertz CT molecular complexity index is 639. The Morgan fingerprint density at radius 3 is 2.86 bits per heavy atom. The van der Waals surface area contributed by atoms with Crippen LogP contribution in [-0.4, -0.2) is 42.2 Å². The highest BCUT2D eigenvalue weighted by molar-refractivity contribution is 5.92. The molecule has 0 saturated carbocycles. The number of nitrogens with zero attached hydrogens (tertiary/aromatic N) is 3. The van der Waals surface area contributed by atoms with Gasteiger partial charge in [0.15, 0.2) is 17.4 Å². The van der Waals surface area contributed by atoms with E-state index in [0.29, 0.717) is 43.6 Å². The minimum atomic E-state index is -0.420. The summed E-state index contributed by atoms with van der Waals surface area (Å²) in [5, 5.41) is 0. The molecule has 3 rings (SSSR count). The molecule has 0 bridgehead atoms. The summed E-state index contributed by atoms with van der Waals surface area (Å²) in [6.45, 7) is 2.67. The Hall–Kier alpha value is -2.81. The number of morpholine rings is 1. The molecule has 2 aromatic rings. The molecule has 116 valence electrons. The molecular formula is C13H16N6O3. The predicted molar refractivity (Wildman–Crippen MR) is 79.3 cm³/mol. The molecule has 0 unspecified atom stereocenters. The molecule has 0 aromatic carbocycles. The summed E-state index contributed by atoms with van der Waals surface area (Å²) in [6.07, 6.45) is 2.81. The van der Waals surface area contributed by atoms with Gasteiger partial charge < -0.3 is 19.8 Å². The Balaban J connectivity index is 1.70. The molecule has 1 amide bonds. The molecule has 2 aromatic heterocycles. The van der Waals surface area contributed by atoms with Crippen LogP contribution >= 0.6 is 0 Å². The Morgan fingerprint density at radius 1 is 1.32 bits per heavy atom. The van der Waals surface area contributed by atoms with Crippen LogP contribution in [0.3, 0.4) is 0 Å². The lowest BCUT2D eigenvalue weighted by Crippen LogP contribution is -2.37. The first-order valence-electron chi connectivity index (χ1n) is 6.78. The van der Waals surface area contributed by atoms with Gasteiger partial charge in [0.05, 0.1) is 19.5 Å². The molecule has 1 aliphatic rings. The van der Waals surface area contributed by atoms with E-state index in [4.69, 9.17) is 14.9 Å². The second kappa shape index (κ2) is 6.31. The number of rotatable bonds is 4. The van der Waals surface area contributed by atoms with E-state index >= 15 is 0 Å². The molecule has 22 heavy (non-hydrogen) atoms. The number of hydrazine groups is 1. The maximum absolute atomic E-state index is 11.8. The van der Waals surface area contributed by atoms with Gasteiger partial charge in [0, 0.05) is 13.1 Å². The predicted octanol–water partition coefficient (Wildman–Crippen LogP) is 0.245. The minimum absolute atomic E-state index is 0.188. The summed E-state index contributed by atoms with van der Waals surface area (Å²) in [5.74, 6) is 0.717. The van der Waals surface area contributed by atoms with Crippen molar-refractivity contribution in [2.75, 3.05) is 42.4 Å². The molecule has 0 aliphatic carbocycles. The number of amides is 1. The zero-order valence-electron chi connectivity index (χ0n) is 11.8. The SMILES string of the molecule is Nc1c(NNC(=O)c2ccco2)ncnc1N1CCOCC1. The molecule has 3 heterocycles. The van der Waals surface area contributed by atoms with E-state index in [9.17, 15) is 4.79 Å². The summed E-state index contributed by atoms with van der Waals surface area (Å²) < 4.78 is 10.3. The fourth-order valence-corrected chi connectivity index (χ4v) is 2.10. The van der Waals surface area contributed by atoms with Crippen molar-refractivity contribution < 1.29 is 13.9 Å². The van der Waals surface area contributed by atoms with Crippen molar-refractivity contribution in [3.63, 3.8) is 0 Å². The number of nitrogens with one attached hydrogen (secondary N) is 2. The van der Waals surface area contributed by atoms with Crippen molar-refractivity contribution in [3.8, 4) is 0 Å². The van der Waals surface area contributed by atoms with Gasteiger partial charge in [-0.25, -0.2) is 9.97 Å². The van der Waals surface area contributed by atoms with Crippen LogP contribution in [0.2, 0.25) is 0 Å². The summed E-state index contributed by atoms with van der Waals surface area (Å²) in [7, 11) is 0. The number of aromatic nitrogens is 2. The largest absolute Gasteiger partial charge is 0.459 e. The van der Waals surface area contributed by atoms with E-state index in [1.54, 1.807) is 12.1 Å². The maximum atomic E-state index is 11.8. The van der Waals surface area contributed by atoms with E-state index in [2.05, 4.69) is 20.8 Å². The molecule has 0 spiro atoms. The van der Waals surface area contributed by atoms with E-state index in [-0.39, 0.29) is 5.76 Å². The van der Waals surface area contributed by atoms with Crippen molar-refractivity contribution in [1.82, 2.24) is 15.4 Å². The van der Waals surface area contributed by atoms with Gasteiger partial charge in [-0.05, 0) is 12.1 Å². The minimum Gasteiger partial charge on any atom is -0.459 e. The molecule has 0 atom stereocenters. The number of hydrogen-bond donors (Lipinski definition) is 3. The van der Waals surface area contributed by atoms with Crippen molar-refractivity contribution in [3.05, 3.63) is 30.5 Å². The smallest absolute Gasteiger partial charge is 0.305 e. The van der Waals surface area contributed by atoms with Gasteiger partial charge in [0.2, 0.25) is 0 Å². The number of carbonyl (C=O) groups excluding carboxylic acids is 1. The monoisotopic (exact) mass is 304 g/mol. The second-order valence-corrected chi connectivity index (χ2v) is 4.62. The van der Waals surface area contributed by atoms with Crippen LogP contribution in [0.5, 0.6) is 0 Å². The number of furan rings is 1. The van der Waals surface area contributed by atoms with Crippen LogP contribution in [0.4, 0.5) is 17.3 Å². The molecular weight excluding hydrogens is 288 g/mol. The molecule has 1 aliphatic heterocycles. The first-order valence-corrected chi connectivity index (χ1v) is 6.78. The number of hydrogen-bond acceptors (Lipinski definition) is 8. The highest BCUT2D eigenvalue weighted by Gasteiger charge is 2.18. The number of anilines is 3. The fraction of sp³-hybridized carbons (Fsp3) is 0.308. The topological polar surface area (TPSA) is 119 Å². The summed E-state index contributed by atoms with van der Waals surface area (Å²) >= 11 is 0. The molecule has 0 radical (unpaired) electrons. The standard InChI is InChI=1S/C13H16N6O3/c14-10-11(17-18-13(20)9-2-1-5-22-9)15-8-16-12(10)19-3-6-21-7-4-19/h1-2,5,8H,3-4,6-7,14H2,(H,18,20)(H,15,16,17). The van der Waals surface area contributed by atoms with Gasteiger partial charge in [-0.1, -0.05) is 0 Å². The quantitative estimate of drug-likeness (QED) is 0.688. The van der Waals surface area contributed by atoms with Gasteiger partial charge in [-0.15, -0.1) is 0 Å². The molecule has 9 heteroatoms. The molecule has 9 nitrogen and oxygen atoms in total. The number of ether oxygens (including phenoxy) is 1. The third-order valence-corrected chi connectivity index (χ3v) is 3.21. The van der Waals surface area contributed by atoms with Gasteiger partial charge in [0.1, 0.15) is 12.0 Å².